The molecule has 12 heavy (non-hydrogen) atoms. The summed E-state index contributed by atoms with van der Waals surface area (Å²) in [5.74, 6) is 0. The fourth-order valence-electron chi connectivity index (χ4n) is 0.167. The van der Waals surface area contributed by atoms with E-state index in [1.807, 2.05) is 0 Å². The average Bonchev–Trinajstić information content (AvgIpc) is 1.93. The van der Waals surface area contributed by atoms with E-state index in [1.54, 1.807) is 28.4 Å². The van der Waals surface area contributed by atoms with Crippen LogP contribution in [0, 0.1) is 0 Å². The fourth-order valence-corrected chi connectivity index (χ4v) is 0.500. The summed E-state index contributed by atoms with van der Waals surface area (Å²) in [6.45, 7) is 0. The van der Waals surface area contributed by atoms with Crippen molar-refractivity contribution in [3.05, 3.63) is 0 Å². The molecule has 0 saturated heterocycles. The molecule has 0 aliphatic rings. The first-order valence-electron chi connectivity index (χ1n) is 2.45. The van der Waals surface area contributed by atoms with E-state index in [0.717, 1.165) is 0 Å². The molecule has 0 spiro atoms. The smallest absolute Gasteiger partial charge is 0.154 e. The molecule has 0 unspecified atom stereocenters. The van der Waals surface area contributed by atoms with Crippen LogP contribution in [0.2, 0.25) is 0 Å². The predicted molar refractivity (Wildman–Crippen MR) is 59.2 cm³/mol. The second kappa shape index (κ2) is 29.5. The Kier molecular flexibility index (Phi) is 57.1. The maximum absolute atomic E-state index is 4.50. The molecule has 0 N–H and O–H groups in total. The molecule has 0 rings (SSSR count). The number of halogens is 2. The summed E-state index contributed by atoms with van der Waals surface area (Å²) in [6.07, 6.45) is 0. The zero-order valence-electron chi connectivity index (χ0n) is 7.45. The van der Waals surface area contributed by atoms with E-state index < -0.39 is 0 Å². The van der Waals surface area contributed by atoms with Gasteiger partial charge in [0.15, 0.2) is 18.1 Å². The molecular formula is C4H16Cl2O4P2. The highest BCUT2D eigenvalue weighted by Crippen LogP contribution is 2.06. The Morgan fingerprint density at radius 2 is 0.750 bits per heavy atom. The van der Waals surface area contributed by atoms with Crippen molar-refractivity contribution in [1.29, 1.82) is 0 Å². The van der Waals surface area contributed by atoms with Crippen molar-refractivity contribution in [3.8, 4) is 0 Å². The lowest BCUT2D eigenvalue weighted by Gasteiger charge is -1.86. The van der Waals surface area contributed by atoms with Gasteiger partial charge in [-0.3, -0.25) is 0 Å². The summed E-state index contributed by atoms with van der Waals surface area (Å²) in [5, 5.41) is 0. The van der Waals surface area contributed by atoms with Gasteiger partial charge in [0.1, 0.15) is 0 Å². The molecule has 0 aliphatic carbocycles. The van der Waals surface area contributed by atoms with Gasteiger partial charge in [-0.2, -0.15) is 0 Å². The minimum Gasteiger partial charge on any atom is -0.340 e. The van der Waals surface area contributed by atoms with Crippen LogP contribution in [0.3, 0.4) is 0 Å². The lowest BCUT2D eigenvalue weighted by Crippen LogP contribution is -1.60. The van der Waals surface area contributed by atoms with Crippen molar-refractivity contribution >= 4 is 42.9 Å². The lowest BCUT2D eigenvalue weighted by atomic mass is 11.8. The summed E-state index contributed by atoms with van der Waals surface area (Å²) in [7, 11) is 6.79. The molecule has 0 heterocycles. The third-order valence-electron chi connectivity index (χ3n) is 0.333. The van der Waals surface area contributed by atoms with Crippen molar-refractivity contribution in [2.45, 2.75) is 0 Å². The molecule has 8 heteroatoms. The molecule has 0 fully saturated rings. The Morgan fingerprint density at radius 3 is 0.750 bits per heavy atom. The summed E-state index contributed by atoms with van der Waals surface area (Å²) >= 11 is 0. The predicted octanol–water partition coefficient (Wildman–Crippen LogP) is 2.42. The second-order valence-corrected chi connectivity index (χ2v) is 2.95. The normalized spacial score (nSPS) is 7.00. The largest absolute Gasteiger partial charge is 0.340 e. The van der Waals surface area contributed by atoms with Gasteiger partial charge in [-0.25, -0.2) is 0 Å². The van der Waals surface area contributed by atoms with Crippen LogP contribution in [0.1, 0.15) is 0 Å². The molecule has 80 valence electrons. The molecule has 0 radical (unpaired) electrons. The first-order chi connectivity index (χ1) is 4.83. The van der Waals surface area contributed by atoms with Crippen molar-refractivity contribution in [1.82, 2.24) is 0 Å². The molecule has 0 aromatic rings. The Bertz CT molecular complexity index is 44.0. The molecule has 4 nitrogen and oxygen atoms in total. The zero-order valence-corrected chi connectivity index (χ0v) is 11.1. The van der Waals surface area contributed by atoms with E-state index in [1.165, 1.54) is 0 Å². The Balaban J connectivity index is -0.0000000457. The van der Waals surface area contributed by atoms with E-state index in [-0.39, 0.29) is 42.9 Å². The molecule has 0 atom stereocenters. The number of hydrogen-bond acceptors (Lipinski definition) is 4. The summed E-state index contributed by atoms with van der Waals surface area (Å²) in [5.41, 5.74) is 0. The molecule has 0 amide bonds. The minimum absolute atomic E-state index is 0. The van der Waals surface area contributed by atoms with Gasteiger partial charge in [-0.1, -0.05) is 0 Å². The van der Waals surface area contributed by atoms with Crippen LogP contribution < -0.4 is 0 Å². The maximum Gasteiger partial charge on any atom is 0.154 e. The van der Waals surface area contributed by atoms with E-state index in [2.05, 4.69) is 18.1 Å². The SMILES string of the molecule is COPOC.COPOC.Cl.Cl. The summed E-state index contributed by atoms with van der Waals surface area (Å²) in [6, 6.07) is 0. The molecule has 0 bridgehead atoms. The topological polar surface area (TPSA) is 36.9 Å². The van der Waals surface area contributed by atoms with Crippen LogP contribution in [-0.2, 0) is 18.1 Å². The van der Waals surface area contributed by atoms with Gasteiger partial charge in [0.2, 0.25) is 0 Å². The van der Waals surface area contributed by atoms with Crippen molar-refractivity contribution < 1.29 is 18.1 Å². The molecule has 0 saturated carbocycles. The van der Waals surface area contributed by atoms with Crippen LogP contribution in [0.25, 0.3) is 0 Å². The van der Waals surface area contributed by atoms with Gasteiger partial charge in [0, 0.05) is 28.4 Å². The number of rotatable bonds is 4. The minimum atomic E-state index is 0. The number of hydrogen-bond donors (Lipinski definition) is 0. The van der Waals surface area contributed by atoms with Gasteiger partial charge in [-0.05, 0) is 0 Å². The van der Waals surface area contributed by atoms with Crippen LogP contribution >= 0.6 is 42.9 Å². The molecule has 0 aromatic carbocycles. The van der Waals surface area contributed by atoms with E-state index in [9.17, 15) is 0 Å². The highest BCUT2D eigenvalue weighted by molar-refractivity contribution is 7.26. The molecular weight excluding hydrogens is 245 g/mol. The van der Waals surface area contributed by atoms with E-state index >= 15 is 0 Å². The Morgan fingerprint density at radius 1 is 0.583 bits per heavy atom. The first-order valence-corrected chi connectivity index (χ1v) is 4.08. The standard InChI is InChI=1S/2C2H7O2P.2ClH/c2*1-3-5-4-2;;/h2*5H,1-2H3;2*1H. The quantitative estimate of drug-likeness (QED) is 0.728. The summed E-state index contributed by atoms with van der Waals surface area (Å²) in [4.78, 5) is 0. The zero-order chi connectivity index (χ0) is 8.24. The molecule has 0 aliphatic heterocycles. The summed E-state index contributed by atoms with van der Waals surface area (Å²) < 4.78 is 18.0. The van der Waals surface area contributed by atoms with E-state index in [0.29, 0.717) is 0 Å². The van der Waals surface area contributed by atoms with Gasteiger partial charge in [0.05, 0.1) is 0 Å². The first kappa shape index (κ1) is 23.3. The highest BCUT2D eigenvalue weighted by Gasteiger charge is 1.64. The van der Waals surface area contributed by atoms with Crippen LogP contribution in [-0.4, -0.2) is 28.4 Å². The Labute approximate surface area is 89.8 Å². The Hall–Kier alpha value is 1.28. The highest BCUT2D eigenvalue weighted by atomic mass is 35.5. The lowest BCUT2D eigenvalue weighted by molar-refractivity contribution is 0.362. The van der Waals surface area contributed by atoms with E-state index in [4.69, 9.17) is 0 Å². The molecule has 0 aromatic heterocycles. The monoisotopic (exact) mass is 260 g/mol. The third kappa shape index (κ3) is 42.8. The fraction of sp³-hybridized carbons (Fsp3) is 1.00. The van der Waals surface area contributed by atoms with Gasteiger partial charge < -0.3 is 18.1 Å². The van der Waals surface area contributed by atoms with Gasteiger partial charge in [-0.15, -0.1) is 24.8 Å². The third-order valence-corrected chi connectivity index (χ3v) is 1.00. The van der Waals surface area contributed by atoms with Gasteiger partial charge >= 0.3 is 0 Å². The van der Waals surface area contributed by atoms with Crippen molar-refractivity contribution in [3.63, 3.8) is 0 Å². The van der Waals surface area contributed by atoms with Crippen LogP contribution in [0.4, 0.5) is 0 Å². The van der Waals surface area contributed by atoms with Crippen LogP contribution in [0.5, 0.6) is 0 Å². The van der Waals surface area contributed by atoms with Crippen LogP contribution in [0.15, 0.2) is 0 Å². The maximum atomic E-state index is 4.50. The van der Waals surface area contributed by atoms with Gasteiger partial charge in [0.25, 0.3) is 0 Å². The average molecular weight is 261 g/mol. The van der Waals surface area contributed by atoms with Crippen molar-refractivity contribution in [2.24, 2.45) is 0 Å². The van der Waals surface area contributed by atoms with Crippen molar-refractivity contribution in [2.75, 3.05) is 28.4 Å². The second-order valence-electron chi connectivity index (χ2n) is 0.983.